The van der Waals surface area contributed by atoms with Crippen LogP contribution in [-0.2, 0) is 4.74 Å². The first-order valence-corrected chi connectivity index (χ1v) is 9.83. The Morgan fingerprint density at radius 1 is 1.11 bits per heavy atom. The number of nitrogens with zero attached hydrogens (tertiary/aromatic N) is 2. The van der Waals surface area contributed by atoms with Crippen molar-refractivity contribution in [1.82, 2.24) is 0 Å². The molecule has 6 heteroatoms. The smallest absolute Gasteiger partial charge is 0.202 e. The molecule has 1 N–H and O–H groups in total. The van der Waals surface area contributed by atoms with Gasteiger partial charge in [-0.05, 0) is 62.5 Å². The molecule has 2 aromatic rings. The molecular formula is C21H22ClN3OS. The summed E-state index contributed by atoms with van der Waals surface area (Å²) in [5.74, 6) is 0.880. The summed E-state index contributed by atoms with van der Waals surface area (Å²) in [7, 11) is 0. The first-order valence-electron chi connectivity index (χ1n) is 9.05. The second-order valence-electron chi connectivity index (χ2n) is 7.61. The molecule has 2 aromatic carbocycles. The number of halogens is 1. The summed E-state index contributed by atoms with van der Waals surface area (Å²) >= 11 is 11.8. The van der Waals surface area contributed by atoms with Gasteiger partial charge in [0.25, 0.3) is 0 Å². The Labute approximate surface area is 170 Å². The van der Waals surface area contributed by atoms with Crippen LogP contribution >= 0.6 is 23.8 Å². The van der Waals surface area contributed by atoms with Gasteiger partial charge in [0.2, 0.25) is 5.11 Å². The van der Waals surface area contributed by atoms with E-state index < -0.39 is 0 Å². The van der Waals surface area contributed by atoms with Crippen LogP contribution in [0.15, 0.2) is 59.6 Å². The maximum atomic E-state index is 6.10. The van der Waals surface area contributed by atoms with Gasteiger partial charge in [-0.2, -0.15) is 0 Å². The average molecular weight is 400 g/mol. The highest BCUT2D eigenvalue weighted by Crippen LogP contribution is 2.43. The number of nitrogens with one attached hydrogen (secondary N) is 1. The fourth-order valence-electron chi connectivity index (χ4n) is 4.02. The average Bonchev–Trinajstić information content (AvgIpc) is 2.86. The third-order valence-corrected chi connectivity index (χ3v) is 5.64. The summed E-state index contributed by atoms with van der Waals surface area (Å²) in [5.41, 5.74) is 1.35. The van der Waals surface area contributed by atoms with Gasteiger partial charge in [0, 0.05) is 35.8 Å². The molecule has 0 saturated carbocycles. The van der Waals surface area contributed by atoms with E-state index in [-0.39, 0.29) is 11.1 Å². The zero-order chi connectivity index (χ0) is 19.1. The molecule has 1 fully saturated rings. The van der Waals surface area contributed by atoms with Crippen molar-refractivity contribution in [3.05, 3.63) is 59.6 Å². The fraction of sp³-hybridized carbons (Fsp3) is 0.333. The Kier molecular flexibility index (Phi) is 4.70. The lowest BCUT2D eigenvalue weighted by atomic mass is 9.79. The molecule has 0 aliphatic carbocycles. The number of thiocarbonyl (C=S) groups is 1. The molecule has 1 atom stereocenters. The molecule has 4 rings (SSSR count). The Balaban J connectivity index is 1.77. The van der Waals surface area contributed by atoms with Crippen LogP contribution in [0.4, 0.5) is 11.4 Å². The van der Waals surface area contributed by atoms with Crippen LogP contribution in [0.2, 0.25) is 5.02 Å². The normalized spacial score (nSPS) is 24.2. The summed E-state index contributed by atoms with van der Waals surface area (Å²) in [6, 6.07) is 17.9. The summed E-state index contributed by atoms with van der Waals surface area (Å²) < 4.78 is 6.02. The SMILES string of the molecule is CC1(C)C[C@@]2(CCO1)C(Nc1ccccc1)=NC(=S)N2c1ccc(Cl)cc1. The van der Waals surface area contributed by atoms with E-state index in [1.807, 2.05) is 54.6 Å². The third kappa shape index (κ3) is 3.47. The van der Waals surface area contributed by atoms with E-state index in [0.29, 0.717) is 16.7 Å². The van der Waals surface area contributed by atoms with Gasteiger partial charge in [0.05, 0.1) is 5.60 Å². The minimum atomic E-state index is -0.373. The highest BCUT2D eigenvalue weighted by Gasteiger charge is 2.53. The molecule has 2 heterocycles. The zero-order valence-electron chi connectivity index (χ0n) is 15.4. The van der Waals surface area contributed by atoms with E-state index in [9.17, 15) is 0 Å². The summed E-state index contributed by atoms with van der Waals surface area (Å²) in [6.45, 7) is 4.89. The molecule has 140 valence electrons. The van der Waals surface area contributed by atoms with Crippen molar-refractivity contribution in [1.29, 1.82) is 0 Å². The monoisotopic (exact) mass is 399 g/mol. The molecule has 2 aliphatic rings. The van der Waals surface area contributed by atoms with Crippen LogP contribution in [-0.4, -0.2) is 28.7 Å². The Morgan fingerprint density at radius 2 is 1.81 bits per heavy atom. The number of ether oxygens (including phenoxy) is 1. The summed E-state index contributed by atoms with van der Waals surface area (Å²) in [6.07, 6.45) is 1.58. The van der Waals surface area contributed by atoms with Crippen molar-refractivity contribution in [2.75, 3.05) is 16.8 Å². The summed E-state index contributed by atoms with van der Waals surface area (Å²) in [4.78, 5) is 6.94. The first kappa shape index (κ1) is 18.4. The summed E-state index contributed by atoms with van der Waals surface area (Å²) in [5, 5.41) is 4.79. The number of anilines is 2. The van der Waals surface area contributed by atoms with Gasteiger partial charge in [0.15, 0.2) is 0 Å². The molecule has 0 unspecified atom stereocenters. The molecule has 1 spiro atoms. The van der Waals surface area contributed by atoms with E-state index in [4.69, 9.17) is 33.5 Å². The van der Waals surface area contributed by atoms with Gasteiger partial charge in [-0.25, -0.2) is 4.99 Å². The van der Waals surface area contributed by atoms with Crippen LogP contribution in [0, 0.1) is 0 Å². The fourth-order valence-corrected chi connectivity index (χ4v) is 4.52. The molecule has 0 bridgehead atoms. The van der Waals surface area contributed by atoms with Crippen molar-refractivity contribution < 1.29 is 4.74 Å². The highest BCUT2D eigenvalue weighted by molar-refractivity contribution is 7.80. The zero-order valence-corrected chi connectivity index (χ0v) is 17.0. The Hall–Kier alpha value is -1.95. The number of aliphatic imine (C=N–C) groups is 1. The molecule has 4 nitrogen and oxygen atoms in total. The topological polar surface area (TPSA) is 36.9 Å². The Morgan fingerprint density at radius 3 is 2.48 bits per heavy atom. The minimum Gasteiger partial charge on any atom is -0.375 e. The maximum absolute atomic E-state index is 6.10. The van der Waals surface area contributed by atoms with Gasteiger partial charge >= 0.3 is 0 Å². The van der Waals surface area contributed by atoms with Gasteiger partial charge < -0.3 is 15.0 Å². The van der Waals surface area contributed by atoms with Crippen molar-refractivity contribution in [3.8, 4) is 0 Å². The predicted octanol–water partition coefficient (Wildman–Crippen LogP) is 5.28. The molecule has 1 saturated heterocycles. The van der Waals surface area contributed by atoms with Crippen molar-refractivity contribution >= 4 is 46.1 Å². The number of amidine groups is 1. The van der Waals surface area contributed by atoms with E-state index in [1.54, 1.807) is 0 Å². The lowest BCUT2D eigenvalue weighted by Crippen LogP contribution is -2.60. The van der Waals surface area contributed by atoms with Gasteiger partial charge in [-0.3, -0.25) is 0 Å². The van der Waals surface area contributed by atoms with Crippen molar-refractivity contribution in [2.24, 2.45) is 4.99 Å². The lowest BCUT2D eigenvalue weighted by Gasteiger charge is -2.48. The number of hydrogen-bond acceptors (Lipinski definition) is 3. The molecule has 0 aromatic heterocycles. The molecule has 0 amide bonds. The van der Waals surface area contributed by atoms with Crippen molar-refractivity contribution in [3.63, 3.8) is 0 Å². The van der Waals surface area contributed by atoms with Crippen LogP contribution in [0.25, 0.3) is 0 Å². The van der Waals surface area contributed by atoms with E-state index in [2.05, 4.69) is 24.1 Å². The van der Waals surface area contributed by atoms with Gasteiger partial charge in [0.1, 0.15) is 11.4 Å². The standard InChI is InChI=1S/C21H22ClN3OS/c1-20(2)14-21(12-13-26-20)18(23-16-6-4-3-5-7-16)24-19(27)25(21)17-10-8-15(22)9-11-17/h3-11H,12-14H2,1-2H3,(H,23,24,27)/t21-/m0/s1. The Bertz CT molecular complexity index is 882. The number of rotatable bonds is 2. The van der Waals surface area contributed by atoms with E-state index >= 15 is 0 Å². The second kappa shape index (κ2) is 6.89. The van der Waals surface area contributed by atoms with Crippen LogP contribution in [0.5, 0.6) is 0 Å². The quantitative estimate of drug-likeness (QED) is 0.697. The third-order valence-electron chi connectivity index (χ3n) is 5.12. The first-order chi connectivity index (χ1) is 12.9. The van der Waals surface area contributed by atoms with Crippen LogP contribution in [0.1, 0.15) is 26.7 Å². The van der Waals surface area contributed by atoms with E-state index in [0.717, 1.165) is 30.1 Å². The molecule has 0 radical (unpaired) electrons. The number of para-hydroxylation sites is 1. The molecular weight excluding hydrogens is 378 g/mol. The number of hydrogen-bond donors (Lipinski definition) is 1. The molecule has 2 aliphatic heterocycles. The molecule has 27 heavy (non-hydrogen) atoms. The highest BCUT2D eigenvalue weighted by atomic mass is 35.5. The van der Waals surface area contributed by atoms with Gasteiger partial charge in [-0.1, -0.05) is 29.8 Å². The minimum absolute atomic E-state index is 0.276. The van der Waals surface area contributed by atoms with E-state index in [1.165, 1.54) is 0 Å². The largest absolute Gasteiger partial charge is 0.375 e. The lowest BCUT2D eigenvalue weighted by molar-refractivity contribution is -0.0661. The van der Waals surface area contributed by atoms with Gasteiger partial charge in [-0.15, -0.1) is 0 Å². The maximum Gasteiger partial charge on any atom is 0.202 e. The number of benzene rings is 2. The van der Waals surface area contributed by atoms with Crippen LogP contribution < -0.4 is 10.2 Å². The predicted molar refractivity (Wildman–Crippen MR) is 116 cm³/mol. The van der Waals surface area contributed by atoms with Crippen LogP contribution in [0.3, 0.4) is 0 Å². The second-order valence-corrected chi connectivity index (χ2v) is 8.41. The van der Waals surface area contributed by atoms with Crippen molar-refractivity contribution in [2.45, 2.75) is 37.8 Å².